The highest BCUT2D eigenvalue weighted by Crippen LogP contribution is 2.38. The van der Waals surface area contributed by atoms with Gasteiger partial charge in [0.2, 0.25) is 0 Å². The van der Waals surface area contributed by atoms with E-state index in [4.69, 9.17) is 30.5 Å². The molecule has 0 bridgehead atoms. The molecule has 14 nitrogen and oxygen atoms in total. The Morgan fingerprint density at radius 2 is 1.19 bits per heavy atom. The average molecular weight is 871 g/mol. The van der Waals surface area contributed by atoms with Crippen molar-refractivity contribution in [3.63, 3.8) is 0 Å². The minimum absolute atomic E-state index is 0.0194. The number of ether oxygens (including phenoxy) is 4. The van der Waals surface area contributed by atoms with Gasteiger partial charge in [0, 0.05) is 54.5 Å². The highest BCUT2D eigenvalue weighted by atomic mass is 35.5. The van der Waals surface area contributed by atoms with Gasteiger partial charge < -0.3 is 44.4 Å². The van der Waals surface area contributed by atoms with E-state index >= 15 is 0 Å². The zero-order valence-corrected chi connectivity index (χ0v) is 33.9. The van der Waals surface area contributed by atoms with Crippen molar-refractivity contribution in [1.82, 2.24) is 29.5 Å². The van der Waals surface area contributed by atoms with Crippen LogP contribution in [0.1, 0.15) is 17.0 Å². The third kappa shape index (κ3) is 9.39. The number of benzene rings is 5. The highest BCUT2D eigenvalue weighted by molar-refractivity contribution is 6.32. The van der Waals surface area contributed by atoms with Crippen LogP contribution in [0, 0.1) is 30.2 Å². The predicted molar refractivity (Wildman–Crippen MR) is 223 cm³/mol. The van der Waals surface area contributed by atoms with E-state index in [9.17, 15) is 27.8 Å². The van der Waals surface area contributed by atoms with Crippen molar-refractivity contribution in [2.45, 2.75) is 20.1 Å². The zero-order chi connectivity index (χ0) is 44.1. The fourth-order valence-electron chi connectivity index (χ4n) is 5.99. The molecular weight excluding hydrogens is 836 g/mol. The van der Waals surface area contributed by atoms with E-state index in [0.717, 1.165) is 24.0 Å². The molecule has 0 fully saturated rings. The Labute approximate surface area is 355 Å². The molecule has 5 aromatic carbocycles. The summed E-state index contributed by atoms with van der Waals surface area (Å²) < 4.78 is 79.4. The van der Waals surface area contributed by atoms with Gasteiger partial charge in [0.15, 0.2) is 34.6 Å². The number of aryl methyl sites for hydroxylation is 2. The van der Waals surface area contributed by atoms with Crippen molar-refractivity contribution in [2.75, 3.05) is 24.9 Å². The molecule has 0 saturated carbocycles. The Morgan fingerprint density at radius 1 is 0.629 bits per heavy atom. The first kappa shape index (κ1) is 42.5. The van der Waals surface area contributed by atoms with E-state index in [1.807, 2.05) is 17.8 Å². The van der Waals surface area contributed by atoms with Crippen LogP contribution in [0.25, 0.3) is 21.8 Å². The van der Waals surface area contributed by atoms with Crippen LogP contribution in [0.3, 0.4) is 0 Å². The Morgan fingerprint density at radius 3 is 1.74 bits per heavy atom. The second kappa shape index (κ2) is 18.3. The van der Waals surface area contributed by atoms with Crippen molar-refractivity contribution in [3.05, 3.63) is 137 Å². The molecule has 318 valence electrons. The van der Waals surface area contributed by atoms with E-state index in [2.05, 4.69) is 35.6 Å². The maximum atomic E-state index is 14.3. The number of aromatic hydroxyl groups is 2. The van der Waals surface area contributed by atoms with Crippen LogP contribution in [-0.2, 0) is 20.3 Å². The molecule has 3 heterocycles. The monoisotopic (exact) mass is 870 g/mol. The molecule has 3 aromatic heterocycles. The predicted octanol–water partition coefficient (Wildman–Crippen LogP) is 9.58. The van der Waals surface area contributed by atoms with Crippen molar-refractivity contribution in [3.8, 4) is 34.5 Å². The largest absolute Gasteiger partial charge is 0.508 e. The number of hydrogen-bond acceptors (Lipinski definition) is 13. The summed E-state index contributed by atoms with van der Waals surface area (Å²) >= 11 is 5.74. The molecule has 0 spiro atoms. The number of phenolic OH excluding ortho intramolecular Hbond substituents is 2. The zero-order valence-electron chi connectivity index (χ0n) is 33.2. The van der Waals surface area contributed by atoms with Crippen molar-refractivity contribution in [2.24, 2.45) is 7.05 Å². The summed E-state index contributed by atoms with van der Waals surface area (Å²) in [7, 11) is 4.84. The minimum Gasteiger partial charge on any atom is -0.508 e. The normalized spacial score (nSPS) is 10.9. The summed E-state index contributed by atoms with van der Waals surface area (Å²) in [4.78, 5) is 21.1. The smallest absolute Gasteiger partial charge is 0.164 e. The standard InChI is InChI=1S/C23H18F3N3O3.C20H17ClFN5O3/c1-12-5-17(26)19(8-20(12)30)29-23-14-7-21(31-2)22(9-18(14)27-11-28-23)32-10-13-3-4-15(24)16(25)6-13;1-27-4-3-23-19(27)9-30-18-8-14-11(5-17(18)29-2)20(25-10-24-14)26-15-7-16(28)12(21)6-13(15)22/h3-9,11,30H,10H2,1-2H3,(H,27,28,29);3-8,10,28H,9H2,1-2H3,(H,24,25,26). The Kier molecular flexibility index (Phi) is 12.6. The fraction of sp³-hybridized carbons (Fsp3) is 0.140. The van der Waals surface area contributed by atoms with Gasteiger partial charge in [0.1, 0.15) is 66.5 Å². The Balaban J connectivity index is 0.000000187. The fourth-order valence-corrected chi connectivity index (χ4v) is 6.14. The molecule has 0 saturated heterocycles. The van der Waals surface area contributed by atoms with Gasteiger partial charge in [-0.15, -0.1) is 0 Å². The van der Waals surface area contributed by atoms with Gasteiger partial charge in [0.05, 0.1) is 41.7 Å². The van der Waals surface area contributed by atoms with Crippen LogP contribution in [0.4, 0.5) is 40.6 Å². The number of halogens is 5. The van der Waals surface area contributed by atoms with Gasteiger partial charge >= 0.3 is 0 Å². The number of nitrogens with zero attached hydrogens (tertiary/aromatic N) is 6. The second-order valence-corrected chi connectivity index (χ2v) is 13.8. The average Bonchev–Trinajstić information content (AvgIpc) is 3.68. The maximum absolute atomic E-state index is 14.3. The molecular formula is C43H35ClF4N8O6. The van der Waals surface area contributed by atoms with Crippen molar-refractivity contribution in [1.29, 1.82) is 0 Å². The second-order valence-electron chi connectivity index (χ2n) is 13.4. The number of rotatable bonds is 12. The first-order chi connectivity index (χ1) is 29.8. The van der Waals surface area contributed by atoms with Gasteiger partial charge in [0.25, 0.3) is 0 Å². The first-order valence-corrected chi connectivity index (χ1v) is 18.7. The lowest BCUT2D eigenvalue weighted by atomic mass is 10.1. The van der Waals surface area contributed by atoms with Crippen LogP contribution >= 0.6 is 11.6 Å². The van der Waals surface area contributed by atoms with Crippen molar-refractivity contribution >= 4 is 56.4 Å². The number of phenols is 2. The number of nitrogens with one attached hydrogen (secondary N) is 2. The lowest BCUT2D eigenvalue weighted by Gasteiger charge is -2.14. The molecule has 0 unspecified atom stereocenters. The van der Waals surface area contributed by atoms with E-state index in [-0.39, 0.29) is 41.1 Å². The highest BCUT2D eigenvalue weighted by Gasteiger charge is 2.17. The molecule has 0 aliphatic rings. The Hall–Kier alpha value is -7.60. The van der Waals surface area contributed by atoms with Gasteiger partial charge in [-0.2, -0.15) is 0 Å². The van der Waals surface area contributed by atoms with E-state index in [1.165, 1.54) is 51.1 Å². The number of methoxy groups -OCH3 is 2. The molecule has 19 heteroatoms. The molecule has 8 aromatic rings. The number of hydrogen-bond donors (Lipinski definition) is 4. The summed E-state index contributed by atoms with van der Waals surface area (Å²) in [6.07, 6.45) is 6.15. The molecule has 0 aliphatic heterocycles. The lowest BCUT2D eigenvalue weighted by Crippen LogP contribution is -2.04. The van der Waals surface area contributed by atoms with Crippen LogP contribution in [0.2, 0.25) is 5.02 Å². The first-order valence-electron chi connectivity index (χ1n) is 18.3. The van der Waals surface area contributed by atoms with Gasteiger partial charge in [-0.05, 0) is 54.4 Å². The summed E-state index contributed by atoms with van der Waals surface area (Å²) in [6.45, 7) is 1.81. The molecule has 4 N–H and O–H groups in total. The summed E-state index contributed by atoms with van der Waals surface area (Å²) in [5, 5.41) is 26.4. The summed E-state index contributed by atoms with van der Waals surface area (Å²) in [5.74, 6) is -0.421. The van der Waals surface area contributed by atoms with Crippen molar-refractivity contribution < 1.29 is 46.7 Å². The minimum atomic E-state index is -0.964. The third-order valence-electron chi connectivity index (χ3n) is 9.33. The maximum Gasteiger partial charge on any atom is 0.164 e. The van der Waals surface area contributed by atoms with E-state index < -0.39 is 23.3 Å². The summed E-state index contributed by atoms with van der Waals surface area (Å²) in [5.41, 5.74) is 1.94. The molecule has 8 rings (SSSR count). The van der Waals surface area contributed by atoms with Crippen LogP contribution in [0.15, 0.2) is 91.8 Å². The number of imidazole rings is 1. The lowest BCUT2D eigenvalue weighted by molar-refractivity contribution is 0.273. The van der Waals surface area contributed by atoms with Crippen LogP contribution < -0.4 is 29.6 Å². The van der Waals surface area contributed by atoms with Crippen LogP contribution in [-0.4, -0.2) is 53.9 Å². The summed E-state index contributed by atoms with van der Waals surface area (Å²) in [6, 6.07) is 14.8. The Bertz CT molecular complexity index is 2940. The molecule has 0 atom stereocenters. The van der Waals surface area contributed by atoms with E-state index in [1.54, 1.807) is 37.4 Å². The molecule has 0 aliphatic carbocycles. The number of anilines is 4. The SMILES string of the molecule is COc1cc2c(Nc3cc(O)c(C)cc3F)ncnc2cc1OCc1ccc(F)c(F)c1.COc1cc2c(Nc3cc(O)c(Cl)cc3F)ncnc2cc1OCc1nccn1C. The molecule has 62 heavy (non-hydrogen) atoms. The topological polar surface area (TPSA) is 171 Å². The molecule has 0 amide bonds. The van der Waals surface area contributed by atoms with Gasteiger partial charge in [-0.3, -0.25) is 0 Å². The third-order valence-corrected chi connectivity index (χ3v) is 9.63. The number of fused-ring (bicyclic) bond motifs is 2. The number of aromatic nitrogens is 6. The van der Waals surface area contributed by atoms with Gasteiger partial charge in [-0.1, -0.05) is 17.7 Å². The van der Waals surface area contributed by atoms with E-state index in [0.29, 0.717) is 67.6 Å². The van der Waals surface area contributed by atoms with Crippen LogP contribution in [0.5, 0.6) is 34.5 Å². The van der Waals surface area contributed by atoms with Gasteiger partial charge in [-0.25, -0.2) is 42.5 Å². The molecule has 0 radical (unpaired) electrons. The quantitative estimate of drug-likeness (QED) is 0.0857.